The van der Waals surface area contributed by atoms with Gasteiger partial charge in [0.1, 0.15) is 0 Å². The molecule has 0 unspecified atom stereocenters. The van der Waals surface area contributed by atoms with Crippen molar-refractivity contribution >= 4 is 5.69 Å². The Morgan fingerprint density at radius 1 is 1.00 bits per heavy atom. The van der Waals surface area contributed by atoms with Crippen LogP contribution in [0.2, 0.25) is 0 Å². The number of rotatable bonds is 4. The zero-order valence-electron chi connectivity index (χ0n) is 12.0. The summed E-state index contributed by atoms with van der Waals surface area (Å²) in [7, 11) is 2.13. The first-order valence-electron chi connectivity index (χ1n) is 6.66. The molecule has 0 saturated heterocycles. The molecule has 0 radical (unpaired) electrons. The van der Waals surface area contributed by atoms with Gasteiger partial charge in [-0.25, -0.2) is 0 Å². The molecule has 0 spiro atoms. The Balaban J connectivity index is 2.18. The zero-order chi connectivity index (χ0) is 13.8. The molecule has 0 atom stereocenters. The fourth-order valence-electron chi connectivity index (χ4n) is 2.44. The minimum Gasteiger partial charge on any atom is -0.370 e. The first-order chi connectivity index (χ1) is 9.10. The Morgan fingerprint density at radius 3 is 2.42 bits per heavy atom. The Morgan fingerprint density at radius 2 is 1.79 bits per heavy atom. The molecule has 2 nitrogen and oxygen atoms in total. The van der Waals surface area contributed by atoms with Crippen molar-refractivity contribution in [2.75, 3.05) is 11.9 Å². The van der Waals surface area contributed by atoms with Crippen LogP contribution in [-0.4, -0.2) is 7.05 Å². The van der Waals surface area contributed by atoms with Crippen LogP contribution in [0.5, 0.6) is 0 Å². The van der Waals surface area contributed by atoms with E-state index in [1.165, 1.54) is 27.9 Å². The van der Waals surface area contributed by atoms with E-state index in [4.69, 9.17) is 5.73 Å². The van der Waals surface area contributed by atoms with Crippen molar-refractivity contribution in [2.45, 2.75) is 26.9 Å². The smallest absolute Gasteiger partial charge is 0.0426 e. The third-order valence-corrected chi connectivity index (χ3v) is 3.41. The summed E-state index contributed by atoms with van der Waals surface area (Å²) >= 11 is 0. The molecule has 0 saturated carbocycles. The number of nitrogens with two attached hydrogens (primary N) is 1. The molecule has 2 heteroatoms. The number of hydrogen-bond donors (Lipinski definition) is 1. The van der Waals surface area contributed by atoms with Gasteiger partial charge in [0.05, 0.1) is 0 Å². The van der Waals surface area contributed by atoms with Gasteiger partial charge in [0, 0.05) is 25.8 Å². The van der Waals surface area contributed by atoms with E-state index in [9.17, 15) is 0 Å². The monoisotopic (exact) mass is 254 g/mol. The molecule has 100 valence electrons. The van der Waals surface area contributed by atoms with Crippen molar-refractivity contribution in [3.63, 3.8) is 0 Å². The van der Waals surface area contributed by atoms with Gasteiger partial charge in [-0.1, -0.05) is 42.0 Å². The maximum atomic E-state index is 5.67. The Labute approximate surface area is 115 Å². The molecule has 2 aromatic carbocycles. The fraction of sp³-hybridized carbons (Fsp3) is 0.294. The Bertz CT molecular complexity index is 561. The van der Waals surface area contributed by atoms with Crippen LogP contribution < -0.4 is 10.6 Å². The predicted molar refractivity (Wildman–Crippen MR) is 82.4 cm³/mol. The molecule has 19 heavy (non-hydrogen) atoms. The van der Waals surface area contributed by atoms with Crippen molar-refractivity contribution in [2.24, 2.45) is 5.73 Å². The van der Waals surface area contributed by atoms with Crippen molar-refractivity contribution in [1.29, 1.82) is 0 Å². The average molecular weight is 254 g/mol. The van der Waals surface area contributed by atoms with Crippen LogP contribution in [0.3, 0.4) is 0 Å². The lowest BCUT2D eigenvalue weighted by molar-refractivity contribution is 0.913. The average Bonchev–Trinajstić information content (AvgIpc) is 2.38. The molecule has 0 aliphatic rings. The molecule has 0 fully saturated rings. The van der Waals surface area contributed by atoms with Crippen LogP contribution in [-0.2, 0) is 13.1 Å². The van der Waals surface area contributed by atoms with Gasteiger partial charge in [-0.05, 0) is 36.6 Å². The van der Waals surface area contributed by atoms with E-state index < -0.39 is 0 Å². The summed E-state index contributed by atoms with van der Waals surface area (Å²) in [6.07, 6.45) is 0. The third-order valence-electron chi connectivity index (χ3n) is 3.41. The summed E-state index contributed by atoms with van der Waals surface area (Å²) in [4.78, 5) is 2.28. The van der Waals surface area contributed by atoms with Gasteiger partial charge in [0.2, 0.25) is 0 Å². The number of anilines is 1. The highest BCUT2D eigenvalue weighted by Gasteiger charge is 2.06. The van der Waals surface area contributed by atoms with E-state index in [2.05, 4.69) is 68.3 Å². The topological polar surface area (TPSA) is 29.3 Å². The zero-order valence-corrected chi connectivity index (χ0v) is 12.0. The number of benzene rings is 2. The van der Waals surface area contributed by atoms with E-state index in [1.807, 2.05) is 0 Å². The Kier molecular flexibility index (Phi) is 4.23. The Hall–Kier alpha value is -1.80. The lowest BCUT2D eigenvalue weighted by Crippen LogP contribution is -2.17. The van der Waals surface area contributed by atoms with Crippen molar-refractivity contribution in [3.05, 3.63) is 64.7 Å². The van der Waals surface area contributed by atoms with Crippen molar-refractivity contribution < 1.29 is 0 Å². The summed E-state index contributed by atoms with van der Waals surface area (Å²) in [5, 5.41) is 0. The normalized spacial score (nSPS) is 10.5. The molecule has 0 heterocycles. The molecule has 2 N–H and O–H groups in total. The second kappa shape index (κ2) is 5.89. The lowest BCUT2D eigenvalue weighted by Gasteiger charge is -2.22. The van der Waals surface area contributed by atoms with E-state index in [-0.39, 0.29) is 0 Å². The number of nitrogens with zero attached hydrogens (tertiary/aromatic N) is 1. The van der Waals surface area contributed by atoms with E-state index in [1.54, 1.807) is 0 Å². The van der Waals surface area contributed by atoms with Crippen LogP contribution in [0, 0.1) is 13.8 Å². The molecule has 2 rings (SSSR count). The maximum absolute atomic E-state index is 5.67. The largest absolute Gasteiger partial charge is 0.370 e. The molecule has 0 aliphatic carbocycles. The second-order valence-electron chi connectivity index (χ2n) is 5.17. The van der Waals surface area contributed by atoms with E-state index >= 15 is 0 Å². The quantitative estimate of drug-likeness (QED) is 0.906. The second-order valence-corrected chi connectivity index (χ2v) is 5.17. The van der Waals surface area contributed by atoms with Gasteiger partial charge in [-0.3, -0.25) is 0 Å². The molecular formula is C17H22N2. The first kappa shape index (κ1) is 13.6. The highest BCUT2D eigenvalue weighted by Crippen LogP contribution is 2.22. The summed E-state index contributed by atoms with van der Waals surface area (Å²) in [6, 6.07) is 15.1. The van der Waals surface area contributed by atoms with Crippen molar-refractivity contribution in [3.8, 4) is 0 Å². The third kappa shape index (κ3) is 3.36. The molecule has 0 aromatic heterocycles. The van der Waals surface area contributed by atoms with Crippen LogP contribution in [0.15, 0.2) is 42.5 Å². The van der Waals surface area contributed by atoms with E-state index in [0.717, 1.165) is 6.54 Å². The molecule has 0 amide bonds. The predicted octanol–water partition coefficient (Wildman–Crippen LogP) is 3.40. The highest BCUT2D eigenvalue weighted by atomic mass is 15.1. The van der Waals surface area contributed by atoms with Gasteiger partial charge in [0.25, 0.3) is 0 Å². The highest BCUT2D eigenvalue weighted by molar-refractivity contribution is 5.54. The summed E-state index contributed by atoms with van der Waals surface area (Å²) in [5.74, 6) is 0. The van der Waals surface area contributed by atoms with Crippen LogP contribution in [0.25, 0.3) is 0 Å². The van der Waals surface area contributed by atoms with Crippen LogP contribution >= 0.6 is 0 Å². The standard InChI is InChI=1S/C17H22N2/c1-13-5-4-6-16(9-13)12-19(3)17-8-7-15(11-18)10-14(17)2/h4-10H,11-12,18H2,1-3H3. The van der Waals surface area contributed by atoms with Gasteiger partial charge in [0.15, 0.2) is 0 Å². The van der Waals surface area contributed by atoms with Crippen molar-refractivity contribution in [1.82, 2.24) is 0 Å². The molecule has 2 aromatic rings. The minimum absolute atomic E-state index is 0.600. The lowest BCUT2D eigenvalue weighted by atomic mass is 10.1. The van der Waals surface area contributed by atoms with Gasteiger partial charge in [-0.15, -0.1) is 0 Å². The fourth-order valence-corrected chi connectivity index (χ4v) is 2.44. The SMILES string of the molecule is Cc1cccc(CN(C)c2ccc(CN)cc2C)c1. The summed E-state index contributed by atoms with van der Waals surface area (Å²) in [6.45, 7) is 5.79. The van der Waals surface area contributed by atoms with Gasteiger partial charge < -0.3 is 10.6 Å². The number of aryl methyl sites for hydroxylation is 2. The van der Waals surface area contributed by atoms with Crippen LogP contribution in [0.4, 0.5) is 5.69 Å². The molecule has 0 bridgehead atoms. The first-order valence-corrected chi connectivity index (χ1v) is 6.66. The maximum Gasteiger partial charge on any atom is 0.0426 e. The number of hydrogen-bond acceptors (Lipinski definition) is 2. The molecular weight excluding hydrogens is 232 g/mol. The summed E-state index contributed by atoms with van der Waals surface area (Å²) in [5.41, 5.74) is 12.0. The summed E-state index contributed by atoms with van der Waals surface area (Å²) < 4.78 is 0. The molecule has 0 aliphatic heterocycles. The van der Waals surface area contributed by atoms with Gasteiger partial charge >= 0.3 is 0 Å². The van der Waals surface area contributed by atoms with Crippen LogP contribution in [0.1, 0.15) is 22.3 Å². The minimum atomic E-state index is 0.600. The van der Waals surface area contributed by atoms with Gasteiger partial charge in [-0.2, -0.15) is 0 Å². The van der Waals surface area contributed by atoms with E-state index in [0.29, 0.717) is 6.54 Å².